The molecular weight excluding hydrogens is 340 g/mol. The van der Waals surface area contributed by atoms with Crippen molar-refractivity contribution in [3.05, 3.63) is 29.8 Å². The lowest BCUT2D eigenvalue weighted by Gasteiger charge is -2.45. The SMILES string of the molecule is CCCCC1CCC(C2CCC3CC(c4ccc(OC)cc4)CCC3C2)CC1. The van der Waals surface area contributed by atoms with Crippen LogP contribution in [0, 0.1) is 29.6 Å². The van der Waals surface area contributed by atoms with Crippen LogP contribution < -0.4 is 4.74 Å². The Kier molecular flexibility index (Phi) is 7.02. The summed E-state index contributed by atoms with van der Waals surface area (Å²) in [5, 5.41) is 0. The summed E-state index contributed by atoms with van der Waals surface area (Å²) in [7, 11) is 1.76. The van der Waals surface area contributed by atoms with E-state index in [9.17, 15) is 0 Å². The summed E-state index contributed by atoms with van der Waals surface area (Å²) < 4.78 is 5.34. The lowest BCUT2D eigenvalue weighted by molar-refractivity contribution is 0.0710. The Morgan fingerprint density at radius 2 is 1.36 bits per heavy atom. The van der Waals surface area contributed by atoms with E-state index < -0.39 is 0 Å². The third kappa shape index (κ3) is 4.77. The molecule has 0 amide bonds. The molecule has 0 aromatic heterocycles. The maximum absolute atomic E-state index is 5.34. The van der Waals surface area contributed by atoms with Crippen LogP contribution in [0.3, 0.4) is 0 Å². The minimum Gasteiger partial charge on any atom is -0.497 e. The molecule has 1 aromatic carbocycles. The van der Waals surface area contributed by atoms with Gasteiger partial charge in [0.2, 0.25) is 0 Å². The van der Waals surface area contributed by atoms with E-state index in [-0.39, 0.29) is 0 Å². The smallest absolute Gasteiger partial charge is 0.118 e. The zero-order chi connectivity index (χ0) is 19.3. The van der Waals surface area contributed by atoms with E-state index >= 15 is 0 Å². The van der Waals surface area contributed by atoms with Gasteiger partial charge in [-0.2, -0.15) is 0 Å². The lowest BCUT2D eigenvalue weighted by atomic mass is 9.60. The molecule has 4 unspecified atom stereocenters. The van der Waals surface area contributed by atoms with Crippen LogP contribution in [0.15, 0.2) is 24.3 Å². The minimum absolute atomic E-state index is 0.790. The van der Waals surface area contributed by atoms with E-state index in [2.05, 4.69) is 31.2 Å². The van der Waals surface area contributed by atoms with Crippen LogP contribution in [0.5, 0.6) is 5.75 Å². The highest BCUT2D eigenvalue weighted by atomic mass is 16.5. The first-order valence-corrected chi connectivity index (χ1v) is 12.4. The van der Waals surface area contributed by atoms with Crippen molar-refractivity contribution >= 4 is 0 Å². The molecule has 0 radical (unpaired) electrons. The van der Waals surface area contributed by atoms with Crippen LogP contribution in [0.4, 0.5) is 0 Å². The number of benzene rings is 1. The predicted molar refractivity (Wildman–Crippen MR) is 119 cm³/mol. The Morgan fingerprint density at radius 1 is 0.750 bits per heavy atom. The molecule has 1 aromatic rings. The van der Waals surface area contributed by atoms with Gasteiger partial charge in [0.05, 0.1) is 7.11 Å². The molecule has 3 aliphatic carbocycles. The maximum atomic E-state index is 5.34. The topological polar surface area (TPSA) is 9.23 Å². The van der Waals surface area contributed by atoms with Crippen LogP contribution in [0.2, 0.25) is 0 Å². The molecule has 0 spiro atoms. The van der Waals surface area contributed by atoms with Crippen molar-refractivity contribution in [3.8, 4) is 5.75 Å². The Labute approximate surface area is 173 Å². The first-order chi connectivity index (χ1) is 13.8. The minimum atomic E-state index is 0.790. The van der Waals surface area contributed by atoms with Gasteiger partial charge in [-0.05, 0) is 105 Å². The van der Waals surface area contributed by atoms with Gasteiger partial charge in [0.15, 0.2) is 0 Å². The predicted octanol–water partition coefficient (Wildman–Crippen LogP) is 7.99. The molecule has 3 fully saturated rings. The number of unbranched alkanes of at least 4 members (excludes halogenated alkanes) is 1. The van der Waals surface area contributed by atoms with Gasteiger partial charge >= 0.3 is 0 Å². The maximum Gasteiger partial charge on any atom is 0.118 e. The zero-order valence-corrected chi connectivity index (χ0v) is 18.4. The van der Waals surface area contributed by atoms with Gasteiger partial charge < -0.3 is 4.74 Å². The zero-order valence-electron chi connectivity index (χ0n) is 18.4. The second-order valence-corrected chi connectivity index (χ2v) is 10.3. The van der Waals surface area contributed by atoms with Gasteiger partial charge in [0, 0.05) is 0 Å². The molecule has 156 valence electrons. The number of rotatable bonds is 6. The standard InChI is InChI=1S/C27H42O/c1-3-4-5-20-6-8-21(9-7-20)23-10-12-26-19-24(11-13-25(26)18-23)22-14-16-27(28-2)17-15-22/h14-17,20-21,23-26H,3-13,18-19H2,1-2H3. The second-order valence-electron chi connectivity index (χ2n) is 10.3. The highest BCUT2D eigenvalue weighted by molar-refractivity contribution is 5.29. The summed E-state index contributed by atoms with van der Waals surface area (Å²) in [5.41, 5.74) is 1.55. The molecule has 0 bridgehead atoms. The van der Waals surface area contributed by atoms with E-state index in [0.29, 0.717) is 0 Å². The molecule has 0 heterocycles. The first-order valence-electron chi connectivity index (χ1n) is 12.4. The molecule has 0 saturated heterocycles. The highest BCUT2D eigenvalue weighted by Gasteiger charge is 2.38. The molecule has 1 nitrogen and oxygen atoms in total. The van der Waals surface area contributed by atoms with E-state index in [1.807, 2.05) is 0 Å². The van der Waals surface area contributed by atoms with Gasteiger partial charge in [0.25, 0.3) is 0 Å². The lowest BCUT2D eigenvalue weighted by Crippen LogP contribution is -2.34. The van der Waals surface area contributed by atoms with E-state index in [4.69, 9.17) is 4.74 Å². The Balaban J connectivity index is 1.26. The third-order valence-electron chi connectivity index (χ3n) is 8.76. The third-order valence-corrected chi connectivity index (χ3v) is 8.76. The fraction of sp³-hybridized carbons (Fsp3) is 0.778. The number of methoxy groups -OCH3 is 1. The summed E-state index contributed by atoms with van der Waals surface area (Å²) in [5.74, 6) is 7.00. The van der Waals surface area contributed by atoms with Gasteiger partial charge in [0.1, 0.15) is 5.75 Å². The quantitative estimate of drug-likeness (QED) is 0.484. The molecule has 28 heavy (non-hydrogen) atoms. The molecular formula is C27H42O. The second kappa shape index (κ2) is 9.68. The Bertz CT molecular complexity index is 583. The Hall–Kier alpha value is -0.980. The van der Waals surface area contributed by atoms with Crippen molar-refractivity contribution in [2.45, 2.75) is 96.3 Å². The number of ether oxygens (including phenoxy) is 1. The van der Waals surface area contributed by atoms with Crippen LogP contribution in [-0.2, 0) is 0 Å². The van der Waals surface area contributed by atoms with Crippen LogP contribution in [0.25, 0.3) is 0 Å². The average Bonchev–Trinajstić information content (AvgIpc) is 2.77. The van der Waals surface area contributed by atoms with Gasteiger partial charge in [-0.3, -0.25) is 0 Å². The molecule has 4 atom stereocenters. The normalized spacial score (nSPS) is 35.9. The van der Waals surface area contributed by atoms with Crippen molar-refractivity contribution in [2.24, 2.45) is 29.6 Å². The van der Waals surface area contributed by atoms with Crippen molar-refractivity contribution in [1.82, 2.24) is 0 Å². The van der Waals surface area contributed by atoms with Gasteiger partial charge in [-0.25, -0.2) is 0 Å². The van der Waals surface area contributed by atoms with Crippen LogP contribution >= 0.6 is 0 Å². The van der Waals surface area contributed by atoms with Crippen LogP contribution in [-0.4, -0.2) is 7.11 Å². The molecule has 3 saturated carbocycles. The van der Waals surface area contributed by atoms with E-state index in [1.165, 1.54) is 64.2 Å². The summed E-state index contributed by atoms with van der Waals surface area (Å²) >= 11 is 0. The molecule has 1 heteroatoms. The summed E-state index contributed by atoms with van der Waals surface area (Å²) in [6.45, 7) is 2.34. The first kappa shape index (κ1) is 20.3. The summed E-state index contributed by atoms with van der Waals surface area (Å²) in [4.78, 5) is 0. The number of fused-ring (bicyclic) bond motifs is 1. The largest absolute Gasteiger partial charge is 0.497 e. The monoisotopic (exact) mass is 382 g/mol. The summed E-state index contributed by atoms with van der Waals surface area (Å²) in [6.07, 6.45) is 19.4. The molecule has 4 rings (SSSR count). The number of hydrogen-bond acceptors (Lipinski definition) is 1. The Morgan fingerprint density at radius 3 is 2.04 bits per heavy atom. The average molecular weight is 383 g/mol. The van der Waals surface area contributed by atoms with Crippen molar-refractivity contribution in [1.29, 1.82) is 0 Å². The highest BCUT2D eigenvalue weighted by Crippen LogP contribution is 2.51. The fourth-order valence-electron chi connectivity index (χ4n) is 6.97. The van der Waals surface area contributed by atoms with Crippen molar-refractivity contribution in [3.63, 3.8) is 0 Å². The molecule has 0 aliphatic heterocycles. The van der Waals surface area contributed by atoms with Gasteiger partial charge in [-0.1, -0.05) is 51.2 Å². The van der Waals surface area contributed by atoms with Crippen molar-refractivity contribution < 1.29 is 4.74 Å². The molecule has 0 N–H and O–H groups in total. The number of hydrogen-bond donors (Lipinski definition) is 0. The van der Waals surface area contributed by atoms with Crippen molar-refractivity contribution in [2.75, 3.05) is 7.11 Å². The molecule has 3 aliphatic rings. The van der Waals surface area contributed by atoms with Crippen LogP contribution in [0.1, 0.15) is 102 Å². The van der Waals surface area contributed by atoms with Gasteiger partial charge in [-0.15, -0.1) is 0 Å². The summed E-state index contributed by atoms with van der Waals surface area (Å²) in [6, 6.07) is 8.92. The van der Waals surface area contributed by atoms with E-state index in [1.54, 1.807) is 31.9 Å². The fourth-order valence-corrected chi connectivity index (χ4v) is 6.97. The van der Waals surface area contributed by atoms with E-state index in [0.717, 1.165) is 41.3 Å².